The molecule has 0 aromatic heterocycles. The van der Waals surface area contributed by atoms with Gasteiger partial charge >= 0.3 is 6.18 Å². The van der Waals surface area contributed by atoms with Gasteiger partial charge in [0.25, 0.3) is 0 Å². The van der Waals surface area contributed by atoms with Crippen molar-refractivity contribution < 1.29 is 27.1 Å². The van der Waals surface area contributed by atoms with Crippen LogP contribution in [-0.4, -0.2) is 5.78 Å². The maximum absolute atomic E-state index is 14.3. The molecule has 0 saturated carbocycles. The number of nitriles is 1. The Kier molecular flexibility index (Phi) is 8.02. The molecule has 0 spiro atoms. The zero-order valence-corrected chi connectivity index (χ0v) is 25.3. The lowest BCUT2D eigenvalue weighted by molar-refractivity contribution is -0.137. The normalized spacial score (nSPS) is 18.3. The van der Waals surface area contributed by atoms with Crippen molar-refractivity contribution in [2.45, 2.75) is 59.2 Å². The summed E-state index contributed by atoms with van der Waals surface area (Å²) in [6, 6.07) is 14.8. The maximum Gasteiger partial charge on any atom is 0.418 e. The Balaban J connectivity index is 1.71. The average Bonchev–Trinajstić information content (AvgIpc) is 2.92. The SMILES string of the molecule is Cc1cc(C)c(C2C(C#N)=C(N)N(c3ccc(Cl)cc3C(F)(F)F)C3=C2C(=O)CC(C)(C)C3)cc1COc1ccc(F)cc1. The number of allylic oxidation sites excluding steroid dienone is 3. The van der Waals surface area contributed by atoms with Crippen LogP contribution in [0.5, 0.6) is 5.75 Å². The van der Waals surface area contributed by atoms with Gasteiger partial charge in [-0.2, -0.15) is 18.4 Å². The number of nitrogens with two attached hydrogens (primary N) is 1. The van der Waals surface area contributed by atoms with E-state index in [1.807, 2.05) is 39.8 Å². The highest BCUT2D eigenvalue weighted by atomic mass is 35.5. The summed E-state index contributed by atoms with van der Waals surface area (Å²) in [5.74, 6) is -1.28. The third-order valence-corrected chi connectivity index (χ3v) is 8.36. The number of ether oxygens (including phenoxy) is 1. The quantitative estimate of drug-likeness (QED) is 0.288. The molecular weight excluding hydrogens is 594 g/mol. The molecule has 0 amide bonds. The van der Waals surface area contributed by atoms with Crippen molar-refractivity contribution >= 4 is 23.1 Å². The molecule has 0 bridgehead atoms. The van der Waals surface area contributed by atoms with Crippen molar-refractivity contribution in [1.29, 1.82) is 5.26 Å². The number of benzene rings is 3. The number of aryl methyl sites for hydroxylation is 2. The van der Waals surface area contributed by atoms with Crippen LogP contribution in [0.4, 0.5) is 23.2 Å². The van der Waals surface area contributed by atoms with Crippen molar-refractivity contribution in [3.63, 3.8) is 0 Å². The highest BCUT2D eigenvalue weighted by Gasteiger charge is 2.47. The van der Waals surface area contributed by atoms with Crippen LogP contribution in [0, 0.1) is 36.4 Å². The monoisotopic (exact) mass is 623 g/mol. The molecule has 1 aliphatic carbocycles. The molecular formula is C34H30ClF4N3O2. The summed E-state index contributed by atoms with van der Waals surface area (Å²) in [5, 5.41) is 10.3. The second-order valence-electron chi connectivity index (χ2n) is 12.0. The first-order valence-electron chi connectivity index (χ1n) is 13.9. The van der Waals surface area contributed by atoms with Crippen LogP contribution in [0.1, 0.15) is 60.4 Å². The van der Waals surface area contributed by atoms with Crippen LogP contribution in [0.3, 0.4) is 0 Å². The standard InChI is InChI=1S/C34H30ClF4N3O2/c1-18-11-19(2)24(12-20(18)17-44-23-8-6-22(36)7-9-23)30-25(16-40)32(41)42(28-14-33(3,4)15-29(43)31(28)30)27-10-5-21(35)13-26(27)34(37,38)39/h5-13,30H,14-15,17,41H2,1-4H3. The minimum Gasteiger partial charge on any atom is -0.489 e. The van der Waals surface area contributed by atoms with Crippen molar-refractivity contribution in [2.75, 3.05) is 4.90 Å². The van der Waals surface area contributed by atoms with E-state index in [2.05, 4.69) is 6.07 Å². The number of anilines is 1. The highest BCUT2D eigenvalue weighted by Crippen LogP contribution is 2.52. The molecule has 2 aliphatic rings. The second-order valence-corrected chi connectivity index (χ2v) is 12.5. The number of nitrogens with zero attached hydrogens (tertiary/aromatic N) is 2. The van der Waals surface area contributed by atoms with E-state index in [4.69, 9.17) is 22.1 Å². The molecule has 1 unspecified atom stereocenters. The lowest BCUT2D eigenvalue weighted by atomic mass is 9.68. The van der Waals surface area contributed by atoms with Crippen molar-refractivity contribution in [1.82, 2.24) is 0 Å². The van der Waals surface area contributed by atoms with E-state index in [0.29, 0.717) is 17.0 Å². The molecule has 1 aliphatic heterocycles. The van der Waals surface area contributed by atoms with Gasteiger partial charge in [0.05, 0.1) is 28.8 Å². The van der Waals surface area contributed by atoms with Gasteiger partial charge in [0, 0.05) is 22.7 Å². The first-order chi connectivity index (χ1) is 20.6. The van der Waals surface area contributed by atoms with Gasteiger partial charge in [-0.05, 0) is 90.4 Å². The molecule has 0 fully saturated rings. The Morgan fingerprint density at radius 1 is 1.07 bits per heavy atom. The fraction of sp³-hybridized carbons (Fsp3) is 0.294. The van der Waals surface area contributed by atoms with Crippen LogP contribution < -0.4 is 15.4 Å². The van der Waals surface area contributed by atoms with Crippen molar-refractivity contribution in [3.05, 3.63) is 116 Å². The van der Waals surface area contributed by atoms with Gasteiger partial charge < -0.3 is 10.5 Å². The summed E-state index contributed by atoms with van der Waals surface area (Å²) in [6.45, 7) is 7.61. The van der Waals surface area contributed by atoms with Gasteiger partial charge in [-0.1, -0.05) is 37.6 Å². The van der Waals surface area contributed by atoms with Crippen LogP contribution >= 0.6 is 11.6 Å². The summed E-state index contributed by atoms with van der Waals surface area (Å²) in [4.78, 5) is 15.2. The molecule has 10 heteroatoms. The van der Waals surface area contributed by atoms with Gasteiger partial charge in [-0.15, -0.1) is 0 Å². The number of ketones is 1. The van der Waals surface area contributed by atoms with Crippen molar-refractivity contribution in [2.24, 2.45) is 11.1 Å². The van der Waals surface area contributed by atoms with E-state index in [-0.39, 0.29) is 52.9 Å². The largest absolute Gasteiger partial charge is 0.489 e. The third-order valence-electron chi connectivity index (χ3n) is 8.13. The summed E-state index contributed by atoms with van der Waals surface area (Å²) in [5.41, 5.74) is 8.31. The molecule has 3 aromatic rings. The Morgan fingerprint density at radius 3 is 2.39 bits per heavy atom. The fourth-order valence-electron chi connectivity index (χ4n) is 6.10. The van der Waals surface area contributed by atoms with E-state index in [0.717, 1.165) is 22.8 Å². The summed E-state index contributed by atoms with van der Waals surface area (Å²) < 4.78 is 62.2. The average molecular weight is 624 g/mol. The van der Waals surface area contributed by atoms with Crippen LogP contribution in [0.2, 0.25) is 5.02 Å². The number of carbonyl (C=O) groups excluding carboxylic acids is 1. The van der Waals surface area contributed by atoms with Gasteiger partial charge in [0.1, 0.15) is 24.0 Å². The minimum atomic E-state index is -4.79. The molecule has 1 atom stereocenters. The van der Waals surface area contributed by atoms with Crippen LogP contribution in [0.25, 0.3) is 0 Å². The number of rotatable bonds is 5. The van der Waals surface area contributed by atoms with Gasteiger partial charge in [-0.3, -0.25) is 9.69 Å². The highest BCUT2D eigenvalue weighted by molar-refractivity contribution is 6.30. The number of alkyl halides is 3. The Hall–Kier alpha value is -4.29. The van der Waals surface area contributed by atoms with E-state index >= 15 is 0 Å². The summed E-state index contributed by atoms with van der Waals surface area (Å²) in [6.07, 6.45) is -4.39. The van der Waals surface area contributed by atoms with E-state index in [1.165, 1.54) is 41.3 Å². The molecule has 5 nitrogen and oxygen atoms in total. The van der Waals surface area contributed by atoms with Crippen molar-refractivity contribution in [3.8, 4) is 11.8 Å². The first kappa shape index (κ1) is 31.1. The zero-order valence-electron chi connectivity index (χ0n) is 24.6. The second kappa shape index (κ2) is 11.3. The molecule has 2 N–H and O–H groups in total. The Bertz CT molecular complexity index is 1770. The molecule has 0 saturated heterocycles. The van der Waals surface area contributed by atoms with Gasteiger partial charge in [0.15, 0.2) is 5.78 Å². The molecule has 5 rings (SSSR count). The van der Waals surface area contributed by atoms with Gasteiger partial charge in [0.2, 0.25) is 0 Å². The molecule has 0 radical (unpaired) electrons. The zero-order chi connectivity index (χ0) is 32.1. The Labute approximate surface area is 258 Å². The predicted octanol–water partition coefficient (Wildman–Crippen LogP) is 8.63. The van der Waals surface area contributed by atoms with E-state index < -0.39 is 28.9 Å². The summed E-state index contributed by atoms with van der Waals surface area (Å²) >= 11 is 5.97. The Morgan fingerprint density at radius 2 is 1.75 bits per heavy atom. The van der Waals surface area contributed by atoms with Crippen LogP contribution in [0.15, 0.2) is 77.3 Å². The van der Waals surface area contributed by atoms with E-state index in [9.17, 15) is 27.6 Å². The smallest absolute Gasteiger partial charge is 0.418 e. The number of carbonyl (C=O) groups is 1. The topological polar surface area (TPSA) is 79.4 Å². The molecule has 3 aromatic carbocycles. The fourth-order valence-corrected chi connectivity index (χ4v) is 6.27. The van der Waals surface area contributed by atoms with E-state index in [1.54, 1.807) is 0 Å². The number of halogens is 5. The predicted molar refractivity (Wildman–Crippen MR) is 160 cm³/mol. The first-order valence-corrected chi connectivity index (χ1v) is 14.3. The minimum absolute atomic E-state index is 0.0303. The molecule has 1 heterocycles. The third kappa shape index (κ3) is 5.79. The maximum atomic E-state index is 14.3. The number of hydrogen-bond donors (Lipinski definition) is 1. The summed E-state index contributed by atoms with van der Waals surface area (Å²) in [7, 11) is 0. The molecule has 44 heavy (non-hydrogen) atoms. The van der Waals surface area contributed by atoms with Gasteiger partial charge in [-0.25, -0.2) is 4.39 Å². The number of Topliss-reactive ketones (excluding diaryl/α,β-unsaturated/α-hetero) is 1. The molecule has 228 valence electrons. The van der Waals surface area contributed by atoms with Crippen LogP contribution in [-0.2, 0) is 17.6 Å². The lowest BCUT2D eigenvalue weighted by Gasteiger charge is -2.44. The number of hydrogen-bond acceptors (Lipinski definition) is 5. The lowest BCUT2D eigenvalue weighted by Crippen LogP contribution is -2.42.